The molecule has 1 aliphatic heterocycles. The van der Waals surface area contributed by atoms with E-state index in [1.165, 1.54) is 0 Å². The first-order valence-corrected chi connectivity index (χ1v) is 3.06. The zero-order valence-electron chi connectivity index (χ0n) is 5.66. The van der Waals surface area contributed by atoms with Gasteiger partial charge in [-0.1, -0.05) is 6.92 Å². The van der Waals surface area contributed by atoms with Crippen LogP contribution >= 0.6 is 0 Å². The smallest absolute Gasteiger partial charge is 0.380 e. The zero-order chi connectivity index (χ0) is 7.83. The molecule has 1 fully saturated rings. The van der Waals surface area contributed by atoms with Gasteiger partial charge in [-0.25, -0.2) is 0 Å². The Kier molecular flexibility index (Phi) is 1.66. The molecule has 0 unspecified atom stereocenters. The topological polar surface area (TPSA) is 9.23 Å². The van der Waals surface area contributed by atoms with Gasteiger partial charge in [-0.15, -0.1) is 0 Å². The van der Waals surface area contributed by atoms with Gasteiger partial charge in [0.15, 0.2) is 0 Å². The van der Waals surface area contributed by atoms with Crippen LogP contribution in [0.15, 0.2) is 0 Å². The Morgan fingerprint density at radius 2 is 1.90 bits per heavy atom. The molecular weight excluding hydrogens is 145 g/mol. The number of alkyl halides is 3. The number of rotatable bonds is 1. The van der Waals surface area contributed by atoms with Crippen molar-refractivity contribution >= 4 is 0 Å². The van der Waals surface area contributed by atoms with Crippen molar-refractivity contribution in [3.8, 4) is 0 Å². The molecule has 0 N–H and O–H groups in total. The SMILES string of the molecule is CC1(CC(F)(F)F)COC1. The van der Waals surface area contributed by atoms with E-state index in [1.807, 2.05) is 0 Å². The zero-order valence-corrected chi connectivity index (χ0v) is 5.66. The highest BCUT2D eigenvalue weighted by atomic mass is 19.4. The normalized spacial score (nSPS) is 24.0. The summed E-state index contributed by atoms with van der Waals surface area (Å²) in [6.45, 7) is 2.07. The van der Waals surface area contributed by atoms with Crippen LogP contribution in [0, 0.1) is 5.41 Å². The molecular formula is C6H9F3O. The maximum atomic E-state index is 11.7. The average molecular weight is 154 g/mol. The maximum Gasteiger partial charge on any atom is 0.389 e. The Morgan fingerprint density at radius 1 is 1.40 bits per heavy atom. The van der Waals surface area contributed by atoms with E-state index in [0.29, 0.717) is 0 Å². The lowest BCUT2D eigenvalue weighted by atomic mass is 9.85. The third-order valence-electron chi connectivity index (χ3n) is 1.53. The lowest BCUT2D eigenvalue weighted by Gasteiger charge is -2.38. The van der Waals surface area contributed by atoms with Gasteiger partial charge in [-0.2, -0.15) is 13.2 Å². The molecule has 0 saturated carbocycles. The first-order valence-electron chi connectivity index (χ1n) is 3.06. The van der Waals surface area contributed by atoms with E-state index < -0.39 is 18.0 Å². The van der Waals surface area contributed by atoms with Crippen LogP contribution in [0.5, 0.6) is 0 Å². The van der Waals surface area contributed by atoms with Gasteiger partial charge in [0, 0.05) is 5.41 Å². The van der Waals surface area contributed by atoms with Crippen molar-refractivity contribution in [1.29, 1.82) is 0 Å². The van der Waals surface area contributed by atoms with E-state index in [4.69, 9.17) is 0 Å². The Hall–Kier alpha value is -0.250. The lowest BCUT2D eigenvalue weighted by Crippen LogP contribution is -2.43. The van der Waals surface area contributed by atoms with Crippen LogP contribution in [-0.2, 0) is 4.74 Å². The first-order chi connectivity index (χ1) is 4.41. The summed E-state index contributed by atoms with van der Waals surface area (Å²) in [5.74, 6) is 0. The summed E-state index contributed by atoms with van der Waals surface area (Å²) in [4.78, 5) is 0. The van der Waals surface area contributed by atoms with E-state index in [-0.39, 0.29) is 13.2 Å². The van der Waals surface area contributed by atoms with Crippen LogP contribution in [0.3, 0.4) is 0 Å². The van der Waals surface area contributed by atoms with Gasteiger partial charge in [-0.05, 0) is 0 Å². The molecule has 0 aromatic carbocycles. The van der Waals surface area contributed by atoms with Crippen molar-refractivity contribution in [2.24, 2.45) is 5.41 Å². The van der Waals surface area contributed by atoms with E-state index in [9.17, 15) is 13.2 Å². The van der Waals surface area contributed by atoms with Crippen LogP contribution < -0.4 is 0 Å². The maximum absolute atomic E-state index is 11.7. The first kappa shape index (κ1) is 7.85. The Labute approximate surface area is 57.2 Å². The van der Waals surface area contributed by atoms with Gasteiger partial charge in [0.05, 0.1) is 19.6 Å². The Bertz CT molecular complexity index is 125. The van der Waals surface area contributed by atoms with E-state index in [0.717, 1.165) is 0 Å². The fourth-order valence-electron chi connectivity index (χ4n) is 1.04. The van der Waals surface area contributed by atoms with Crippen LogP contribution in [0.2, 0.25) is 0 Å². The minimum absolute atomic E-state index is 0.243. The third-order valence-corrected chi connectivity index (χ3v) is 1.53. The molecule has 0 amide bonds. The molecule has 4 heteroatoms. The van der Waals surface area contributed by atoms with Crippen molar-refractivity contribution in [3.63, 3.8) is 0 Å². The minimum Gasteiger partial charge on any atom is -0.380 e. The van der Waals surface area contributed by atoms with Crippen LogP contribution in [0.1, 0.15) is 13.3 Å². The van der Waals surface area contributed by atoms with Gasteiger partial charge in [0.25, 0.3) is 0 Å². The predicted molar refractivity (Wildman–Crippen MR) is 29.6 cm³/mol. The molecule has 0 spiro atoms. The summed E-state index contributed by atoms with van der Waals surface area (Å²) in [5.41, 5.74) is -0.641. The van der Waals surface area contributed by atoms with Crippen molar-refractivity contribution in [2.45, 2.75) is 19.5 Å². The van der Waals surface area contributed by atoms with E-state index in [2.05, 4.69) is 4.74 Å². The van der Waals surface area contributed by atoms with Crippen molar-refractivity contribution in [3.05, 3.63) is 0 Å². The number of hydrogen-bond acceptors (Lipinski definition) is 1. The molecule has 1 nitrogen and oxygen atoms in total. The molecule has 1 rings (SSSR count). The third kappa shape index (κ3) is 1.87. The fourth-order valence-corrected chi connectivity index (χ4v) is 1.04. The summed E-state index contributed by atoms with van der Waals surface area (Å²) in [6, 6.07) is 0. The highest BCUT2D eigenvalue weighted by molar-refractivity contribution is 4.82. The van der Waals surface area contributed by atoms with Crippen LogP contribution in [0.25, 0.3) is 0 Å². The largest absolute Gasteiger partial charge is 0.389 e. The van der Waals surface area contributed by atoms with Gasteiger partial charge in [0.2, 0.25) is 0 Å². The molecule has 10 heavy (non-hydrogen) atoms. The predicted octanol–water partition coefficient (Wildman–Crippen LogP) is 1.98. The monoisotopic (exact) mass is 154 g/mol. The standard InChI is InChI=1S/C6H9F3O/c1-5(3-10-4-5)2-6(7,8)9/h2-4H2,1H3. The fraction of sp³-hybridized carbons (Fsp3) is 1.00. The van der Waals surface area contributed by atoms with Crippen LogP contribution in [0.4, 0.5) is 13.2 Å². The van der Waals surface area contributed by atoms with E-state index in [1.54, 1.807) is 6.92 Å². The molecule has 1 saturated heterocycles. The Morgan fingerprint density at radius 3 is 2.00 bits per heavy atom. The molecule has 1 heterocycles. The van der Waals surface area contributed by atoms with Gasteiger partial charge in [0.1, 0.15) is 0 Å². The molecule has 0 aromatic rings. The second-order valence-corrected chi connectivity index (χ2v) is 3.10. The molecule has 0 atom stereocenters. The number of ether oxygens (including phenoxy) is 1. The van der Waals surface area contributed by atoms with Gasteiger partial charge >= 0.3 is 6.18 Å². The highest BCUT2D eigenvalue weighted by Gasteiger charge is 2.43. The Balaban J connectivity index is 2.37. The summed E-state index contributed by atoms with van der Waals surface area (Å²) < 4.78 is 39.8. The quantitative estimate of drug-likeness (QED) is 0.561. The summed E-state index contributed by atoms with van der Waals surface area (Å²) >= 11 is 0. The summed E-state index contributed by atoms with van der Waals surface area (Å²) in [6.07, 6.45) is -4.77. The second-order valence-electron chi connectivity index (χ2n) is 3.10. The van der Waals surface area contributed by atoms with Gasteiger partial charge in [-0.3, -0.25) is 0 Å². The lowest BCUT2D eigenvalue weighted by molar-refractivity contribution is -0.204. The average Bonchev–Trinajstić information content (AvgIpc) is 1.57. The second kappa shape index (κ2) is 2.12. The molecule has 0 bridgehead atoms. The molecule has 0 aromatic heterocycles. The van der Waals surface area contributed by atoms with Crippen molar-refractivity contribution in [2.75, 3.05) is 13.2 Å². The molecule has 60 valence electrons. The number of halogens is 3. The van der Waals surface area contributed by atoms with Gasteiger partial charge < -0.3 is 4.74 Å². The number of hydrogen-bond donors (Lipinski definition) is 0. The van der Waals surface area contributed by atoms with Crippen molar-refractivity contribution < 1.29 is 17.9 Å². The summed E-state index contributed by atoms with van der Waals surface area (Å²) in [5, 5.41) is 0. The van der Waals surface area contributed by atoms with Crippen molar-refractivity contribution in [1.82, 2.24) is 0 Å². The highest BCUT2D eigenvalue weighted by Crippen LogP contribution is 2.38. The minimum atomic E-state index is -4.04. The van der Waals surface area contributed by atoms with Crippen LogP contribution in [-0.4, -0.2) is 19.4 Å². The van der Waals surface area contributed by atoms with E-state index >= 15 is 0 Å². The summed E-state index contributed by atoms with van der Waals surface area (Å²) in [7, 11) is 0. The molecule has 0 radical (unpaired) electrons. The molecule has 1 aliphatic rings. The molecule has 0 aliphatic carbocycles.